The standard InChI is InChI=1S/C30H35ClN2O2/c1-2-27(26(31)12-13-28(34)25-17-22-9-5-8-21(25)18-33-22)32-15-14-29(35)30-23-10-11-24(30)20-7-4-3-6-19(23)16-20/h2,12-13,17,30,32-33H,1,3-11,14-16,18H2/b13-12+,27-26-. The Morgan fingerprint density at radius 3 is 2.43 bits per heavy atom. The third-order valence-corrected chi connectivity index (χ3v) is 8.50. The van der Waals surface area contributed by atoms with Crippen LogP contribution in [-0.4, -0.2) is 24.7 Å². The molecule has 2 aliphatic heterocycles. The van der Waals surface area contributed by atoms with Crippen molar-refractivity contribution in [2.24, 2.45) is 5.92 Å². The van der Waals surface area contributed by atoms with Crippen LogP contribution in [0.3, 0.4) is 0 Å². The first-order chi connectivity index (χ1) is 17.0. The minimum absolute atomic E-state index is 0.0177. The van der Waals surface area contributed by atoms with Crippen LogP contribution in [0.5, 0.6) is 0 Å². The summed E-state index contributed by atoms with van der Waals surface area (Å²) in [5, 5.41) is 7.07. The lowest BCUT2D eigenvalue weighted by atomic mass is 9.80. The summed E-state index contributed by atoms with van der Waals surface area (Å²) >= 11 is 6.51. The summed E-state index contributed by atoms with van der Waals surface area (Å²) < 4.78 is 0. The molecule has 0 aromatic heterocycles. The highest BCUT2D eigenvalue weighted by molar-refractivity contribution is 6.32. The minimum atomic E-state index is -0.0177. The van der Waals surface area contributed by atoms with Gasteiger partial charge in [-0.1, -0.05) is 40.5 Å². The molecule has 6 aliphatic rings. The van der Waals surface area contributed by atoms with Gasteiger partial charge in [0.05, 0.1) is 16.6 Å². The van der Waals surface area contributed by atoms with Gasteiger partial charge in [0.25, 0.3) is 0 Å². The van der Waals surface area contributed by atoms with Gasteiger partial charge in [-0.05, 0) is 94.1 Å². The molecule has 0 unspecified atom stereocenters. The van der Waals surface area contributed by atoms with Crippen molar-refractivity contribution >= 4 is 23.2 Å². The molecule has 0 aromatic carbocycles. The highest BCUT2D eigenvalue weighted by Gasteiger charge is 2.38. The molecule has 4 nitrogen and oxygen atoms in total. The number of dihydropyridines is 1. The number of carbonyl (C=O) groups is 2. The number of hydrogen-bond donors (Lipinski definition) is 2. The Morgan fingerprint density at radius 1 is 1.00 bits per heavy atom. The molecule has 2 heterocycles. The molecule has 4 aliphatic carbocycles. The topological polar surface area (TPSA) is 58.2 Å². The van der Waals surface area contributed by atoms with E-state index in [1.807, 2.05) is 6.08 Å². The van der Waals surface area contributed by atoms with Crippen molar-refractivity contribution in [3.8, 4) is 0 Å². The van der Waals surface area contributed by atoms with E-state index in [-0.39, 0.29) is 11.7 Å². The van der Waals surface area contributed by atoms with Crippen molar-refractivity contribution in [1.29, 1.82) is 0 Å². The smallest absolute Gasteiger partial charge is 0.185 e. The molecule has 0 spiro atoms. The largest absolute Gasteiger partial charge is 0.385 e. The third kappa shape index (κ3) is 5.04. The SMILES string of the molecule is C=C/C(NCCC(=O)C1C2=C3CCCCC(=C1CC2)C3)=C(Cl)\C=C\C(=O)C1=C2CCCC(=C1)NC2. The van der Waals surface area contributed by atoms with E-state index >= 15 is 0 Å². The van der Waals surface area contributed by atoms with Crippen molar-refractivity contribution in [3.63, 3.8) is 0 Å². The van der Waals surface area contributed by atoms with Crippen LogP contribution >= 0.6 is 11.6 Å². The van der Waals surface area contributed by atoms with E-state index in [1.165, 1.54) is 42.4 Å². The molecule has 0 radical (unpaired) electrons. The molecule has 0 atom stereocenters. The molecular formula is C30H35ClN2O2. The van der Waals surface area contributed by atoms with Gasteiger partial charge >= 0.3 is 0 Å². The van der Waals surface area contributed by atoms with Crippen LogP contribution < -0.4 is 10.6 Å². The van der Waals surface area contributed by atoms with Gasteiger partial charge in [-0.2, -0.15) is 0 Å². The van der Waals surface area contributed by atoms with Gasteiger partial charge < -0.3 is 10.6 Å². The minimum Gasteiger partial charge on any atom is -0.385 e. The predicted molar refractivity (Wildman–Crippen MR) is 142 cm³/mol. The summed E-state index contributed by atoms with van der Waals surface area (Å²) in [6.45, 7) is 5.13. The zero-order chi connectivity index (χ0) is 24.4. The number of hydrogen-bond acceptors (Lipinski definition) is 4. The Labute approximate surface area is 213 Å². The van der Waals surface area contributed by atoms with Crippen LogP contribution in [0.2, 0.25) is 0 Å². The number of halogens is 1. The lowest BCUT2D eigenvalue weighted by Crippen LogP contribution is -2.24. The Bertz CT molecular complexity index is 1110. The Morgan fingerprint density at radius 2 is 1.71 bits per heavy atom. The molecule has 6 bridgehead atoms. The molecule has 2 saturated carbocycles. The fourth-order valence-corrected chi connectivity index (χ4v) is 6.60. The zero-order valence-electron chi connectivity index (χ0n) is 20.5. The van der Waals surface area contributed by atoms with Crippen molar-refractivity contribution in [2.45, 2.75) is 70.6 Å². The summed E-state index contributed by atoms with van der Waals surface area (Å²) in [6.07, 6.45) is 18.4. The number of nitrogens with one attached hydrogen (secondary N) is 2. The Balaban J connectivity index is 1.21. The first-order valence-electron chi connectivity index (χ1n) is 13.1. The quantitative estimate of drug-likeness (QED) is 0.228. The van der Waals surface area contributed by atoms with Crippen molar-refractivity contribution in [1.82, 2.24) is 10.6 Å². The molecule has 2 N–H and O–H groups in total. The first kappa shape index (κ1) is 24.1. The van der Waals surface area contributed by atoms with Crippen LogP contribution in [0, 0.1) is 5.92 Å². The number of carbonyl (C=O) groups excluding carboxylic acids is 2. The van der Waals surface area contributed by atoms with E-state index in [2.05, 4.69) is 17.2 Å². The highest BCUT2D eigenvalue weighted by atomic mass is 35.5. The van der Waals surface area contributed by atoms with Gasteiger partial charge in [0.1, 0.15) is 5.78 Å². The zero-order valence-corrected chi connectivity index (χ0v) is 21.2. The second kappa shape index (κ2) is 10.6. The van der Waals surface area contributed by atoms with Gasteiger partial charge in [-0.15, -0.1) is 0 Å². The maximum Gasteiger partial charge on any atom is 0.185 e. The Hall–Kier alpha value is -2.59. The van der Waals surface area contributed by atoms with Crippen LogP contribution in [0.25, 0.3) is 0 Å². The fraction of sp³-hybridized carbons (Fsp3) is 0.467. The van der Waals surface area contributed by atoms with E-state index in [0.29, 0.717) is 29.5 Å². The molecule has 5 heteroatoms. The normalized spacial score (nSPS) is 22.6. The van der Waals surface area contributed by atoms with Gasteiger partial charge in [-0.3, -0.25) is 9.59 Å². The number of rotatable bonds is 9. The molecule has 1 saturated heterocycles. The van der Waals surface area contributed by atoms with E-state index in [0.717, 1.165) is 56.3 Å². The van der Waals surface area contributed by atoms with Crippen molar-refractivity contribution in [3.05, 3.63) is 80.7 Å². The second-order valence-corrected chi connectivity index (χ2v) is 10.7. The molecule has 184 valence electrons. The van der Waals surface area contributed by atoms with Gasteiger partial charge in [0.15, 0.2) is 5.78 Å². The Kier molecular flexibility index (Phi) is 7.29. The molecule has 35 heavy (non-hydrogen) atoms. The summed E-state index contributed by atoms with van der Waals surface area (Å²) in [4.78, 5) is 26.1. The maximum absolute atomic E-state index is 13.3. The number of Topliss-reactive ketones (excluding diaryl/α,β-unsaturated/α-hetero) is 1. The summed E-state index contributed by atoms with van der Waals surface area (Å²) in [5.41, 5.74) is 9.73. The van der Waals surface area contributed by atoms with Crippen LogP contribution in [-0.2, 0) is 9.59 Å². The molecule has 0 amide bonds. The van der Waals surface area contributed by atoms with E-state index < -0.39 is 0 Å². The van der Waals surface area contributed by atoms with Crippen molar-refractivity contribution in [2.75, 3.05) is 13.1 Å². The predicted octanol–water partition coefficient (Wildman–Crippen LogP) is 6.25. The third-order valence-electron chi connectivity index (χ3n) is 8.17. The maximum atomic E-state index is 13.3. The molecular weight excluding hydrogens is 456 g/mol. The summed E-state index contributed by atoms with van der Waals surface area (Å²) in [6, 6.07) is 0. The highest BCUT2D eigenvalue weighted by Crippen LogP contribution is 2.50. The lowest BCUT2D eigenvalue weighted by Gasteiger charge is -2.24. The second-order valence-electron chi connectivity index (χ2n) is 10.3. The number of ketones is 2. The fourth-order valence-electron chi connectivity index (χ4n) is 6.39. The molecule has 3 fully saturated rings. The summed E-state index contributed by atoms with van der Waals surface area (Å²) in [7, 11) is 0. The van der Waals surface area contributed by atoms with Crippen LogP contribution in [0.1, 0.15) is 70.6 Å². The van der Waals surface area contributed by atoms with Gasteiger partial charge in [-0.25, -0.2) is 0 Å². The summed E-state index contributed by atoms with van der Waals surface area (Å²) in [5.74, 6) is 0.335. The lowest BCUT2D eigenvalue weighted by molar-refractivity contribution is -0.120. The van der Waals surface area contributed by atoms with Crippen molar-refractivity contribution < 1.29 is 9.59 Å². The average Bonchev–Trinajstić information content (AvgIpc) is 3.10. The monoisotopic (exact) mass is 490 g/mol. The van der Waals surface area contributed by atoms with Crippen LogP contribution in [0.4, 0.5) is 0 Å². The van der Waals surface area contributed by atoms with Gasteiger partial charge in [0, 0.05) is 30.8 Å². The number of fused-ring (bicyclic) bond motifs is 8. The number of allylic oxidation sites excluding steroid dienone is 11. The molecule has 0 aromatic rings. The van der Waals surface area contributed by atoms with Crippen LogP contribution in [0.15, 0.2) is 80.7 Å². The van der Waals surface area contributed by atoms with Gasteiger partial charge in [0.2, 0.25) is 0 Å². The molecule has 6 rings (SSSR count). The van der Waals surface area contributed by atoms with E-state index in [4.69, 9.17) is 11.6 Å². The average molecular weight is 491 g/mol. The first-order valence-corrected chi connectivity index (χ1v) is 13.5. The van der Waals surface area contributed by atoms with E-state index in [1.54, 1.807) is 29.4 Å². The van der Waals surface area contributed by atoms with E-state index in [9.17, 15) is 9.59 Å².